The molecule has 0 aliphatic carbocycles. The molecule has 0 rings (SSSR count). The van der Waals surface area contributed by atoms with E-state index in [0.717, 1.165) is 12.8 Å². The first kappa shape index (κ1) is 10.2. The lowest BCUT2D eigenvalue weighted by atomic mass is 10.3. The zero-order valence-electron chi connectivity index (χ0n) is 7.46. The summed E-state index contributed by atoms with van der Waals surface area (Å²) in [6.45, 7) is 5.39. The molecule has 0 spiro atoms. The summed E-state index contributed by atoms with van der Waals surface area (Å²) in [6.07, 6.45) is 6.03. The van der Waals surface area contributed by atoms with E-state index in [0.29, 0.717) is 0 Å². The smallest absolute Gasteiger partial charge is 0.303 e. The summed E-state index contributed by atoms with van der Waals surface area (Å²) in [5.74, 6) is -0.223. The summed E-state index contributed by atoms with van der Waals surface area (Å²) >= 11 is 0. The minimum Gasteiger partial charge on any atom is -0.459 e. The van der Waals surface area contributed by atoms with E-state index in [4.69, 9.17) is 4.74 Å². The molecule has 2 nitrogen and oxygen atoms in total. The Balaban J connectivity index is 3.50. The number of carbonyl (C=O) groups is 1. The number of hydrogen-bond donors (Lipinski definition) is 0. The average Bonchev–Trinajstić information content (AvgIpc) is 1.86. The fourth-order valence-electron chi connectivity index (χ4n) is 0.756. The quantitative estimate of drug-likeness (QED) is 0.461. The summed E-state index contributed by atoms with van der Waals surface area (Å²) in [7, 11) is 0. The Kier molecular flexibility index (Phi) is 5.53. The maximum absolute atomic E-state index is 10.4. The molecule has 0 aromatic carbocycles. The van der Waals surface area contributed by atoms with Crippen molar-refractivity contribution >= 4 is 5.97 Å². The summed E-state index contributed by atoms with van der Waals surface area (Å²) in [5.41, 5.74) is 0. The minimum atomic E-state index is -0.223. The van der Waals surface area contributed by atoms with Crippen LogP contribution in [0.1, 0.15) is 33.6 Å². The van der Waals surface area contributed by atoms with Crippen molar-refractivity contribution < 1.29 is 9.53 Å². The standard InChI is InChI=1S/C9H16O2/c1-4-5-6-7-8(2)11-9(3)10/h6-8H,4-5H2,1-3H3/b7-6+. The highest BCUT2D eigenvalue weighted by atomic mass is 16.5. The van der Waals surface area contributed by atoms with Gasteiger partial charge in [-0.25, -0.2) is 0 Å². The van der Waals surface area contributed by atoms with E-state index < -0.39 is 0 Å². The van der Waals surface area contributed by atoms with Crippen molar-refractivity contribution in [2.24, 2.45) is 0 Å². The Morgan fingerprint density at radius 3 is 2.73 bits per heavy atom. The van der Waals surface area contributed by atoms with Crippen LogP contribution in [0, 0.1) is 0 Å². The maximum atomic E-state index is 10.4. The number of hydrogen-bond acceptors (Lipinski definition) is 2. The molecule has 0 N–H and O–H groups in total. The molecule has 11 heavy (non-hydrogen) atoms. The molecule has 0 bridgehead atoms. The van der Waals surface area contributed by atoms with E-state index in [-0.39, 0.29) is 12.1 Å². The van der Waals surface area contributed by atoms with Gasteiger partial charge in [-0.05, 0) is 19.4 Å². The van der Waals surface area contributed by atoms with Gasteiger partial charge in [-0.1, -0.05) is 19.4 Å². The third-order valence-corrected chi connectivity index (χ3v) is 1.21. The molecule has 1 atom stereocenters. The fourth-order valence-corrected chi connectivity index (χ4v) is 0.756. The van der Waals surface area contributed by atoms with Gasteiger partial charge in [0.1, 0.15) is 6.10 Å². The summed E-state index contributed by atoms with van der Waals surface area (Å²) < 4.78 is 4.87. The van der Waals surface area contributed by atoms with Gasteiger partial charge in [-0.15, -0.1) is 0 Å². The van der Waals surface area contributed by atoms with E-state index in [1.165, 1.54) is 6.92 Å². The molecule has 0 radical (unpaired) electrons. The lowest BCUT2D eigenvalue weighted by Crippen LogP contribution is -2.08. The number of rotatable bonds is 4. The van der Waals surface area contributed by atoms with Crippen LogP contribution in [0.3, 0.4) is 0 Å². The third kappa shape index (κ3) is 7.10. The van der Waals surface area contributed by atoms with Crippen molar-refractivity contribution in [3.63, 3.8) is 0 Å². The van der Waals surface area contributed by atoms with Crippen LogP contribution in [0.5, 0.6) is 0 Å². The lowest BCUT2D eigenvalue weighted by Gasteiger charge is -2.05. The van der Waals surface area contributed by atoms with Crippen molar-refractivity contribution in [3.8, 4) is 0 Å². The Bertz CT molecular complexity index is 138. The van der Waals surface area contributed by atoms with Gasteiger partial charge < -0.3 is 4.74 Å². The number of esters is 1. The zero-order chi connectivity index (χ0) is 8.69. The van der Waals surface area contributed by atoms with E-state index in [1.807, 2.05) is 19.1 Å². The minimum absolute atomic E-state index is 0.0842. The zero-order valence-corrected chi connectivity index (χ0v) is 7.46. The van der Waals surface area contributed by atoms with Gasteiger partial charge in [0, 0.05) is 6.92 Å². The van der Waals surface area contributed by atoms with Crippen LogP contribution in [0.4, 0.5) is 0 Å². The number of allylic oxidation sites excluding steroid dienone is 1. The lowest BCUT2D eigenvalue weighted by molar-refractivity contribution is -0.143. The molecule has 0 aliphatic rings. The van der Waals surface area contributed by atoms with Crippen molar-refractivity contribution in [2.75, 3.05) is 0 Å². The van der Waals surface area contributed by atoms with Crippen molar-refractivity contribution in [1.29, 1.82) is 0 Å². The SMILES string of the molecule is CCC/C=C/C(C)OC(C)=O. The second kappa shape index (κ2) is 5.96. The van der Waals surface area contributed by atoms with Crippen LogP contribution in [0.15, 0.2) is 12.2 Å². The first-order chi connectivity index (χ1) is 5.16. The Morgan fingerprint density at radius 1 is 1.64 bits per heavy atom. The van der Waals surface area contributed by atoms with E-state index >= 15 is 0 Å². The Hall–Kier alpha value is -0.790. The fraction of sp³-hybridized carbons (Fsp3) is 0.667. The van der Waals surface area contributed by atoms with Crippen LogP contribution in [0.2, 0.25) is 0 Å². The highest BCUT2D eigenvalue weighted by Gasteiger charge is 1.98. The number of unbranched alkanes of at least 4 members (excludes halogenated alkanes) is 1. The van der Waals surface area contributed by atoms with Crippen molar-refractivity contribution in [1.82, 2.24) is 0 Å². The Labute approximate surface area is 68.2 Å². The van der Waals surface area contributed by atoms with E-state index in [2.05, 4.69) is 6.92 Å². The highest BCUT2D eigenvalue weighted by Crippen LogP contribution is 1.96. The molecule has 0 saturated heterocycles. The predicted molar refractivity (Wildman–Crippen MR) is 45.3 cm³/mol. The molecule has 64 valence electrons. The van der Waals surface area contributed by atoms with Gasteiger partial charge >= 0.3 is 5.97 Å². The topological polar surface area (TPSA) is 26.3 Å². The van der Waals surface area contributed by atoms with Gasteiger partial charge in [-0.3, -0.25) is 4.79 Å². The molecule has 0 heterocycles. The van der Waals surface area contributed by atoms with E-state index in [1.54, 1.807) is 0 Å². The molecule has 1 unspecified atom stereocenters. The first-order valence-electron chi connectivity index (χ1n) is 4.00. The molecule has 0 saturated carbocycles. The number of ether oxygens (including phenoxy) is 1. The maximum Gasteiger partial charge on any atom is 0.303 e. The summed E-state index contributed by atoms with van der Waals surface area (Å²) in [5, 5.41) is 0. The second-order valence-electron chi connectivity index (χ2n) is 2.53. The van der Waals surface area contributed by atoms with Crippen LogP contribution in [-0.4, -0.2) is 12.1 Å². The van der Waals surface area contributed by atoms with Crippen molar-refractivity contribution in [3.05, 3.63) is 12.2 Å². The average molecular weight is 156 g/mol. The first-order valence-corrected chi connectivity index (χ1v) is 4.00. The summed E-state index contributed by atoms with van der Waals surface area (Å²) in [4.78, 5) is 10.4. The predicted octanol–water partition coefficient (Wildman–Crippen LogP) is 2.29. The molecule has 0 amide bonds. The van der Waals surface area contributed by atoms with Crippen LogP contribution in [0.25, 0.3) is 0 Å². The van der Waals surface area contributed by atoms with Gasteiger partial charge in [0.25, 0.3) is 0 Å². The van der Waals surface area contributed by atoms with Gasteiger partial charge in [0.05, 0.1) is 0 Å². The number of carbonyl (C=O) groups excluding carboxylic acids is 1. The second-order valence-corrected chi connectivity index (χ2v) is 2.53. The molecule has 0 fully saturated rings. The van der Waals surface area contributed by atoms with Crippen LogP contribution >= 0.6 is 0 Å². The molecule has 0 aliphatic heterocycles. The van der Waals surface area contributed by atoms with Crippen LogP contribution in [-0.2, 0) is 9.53 Å². The highest BCUT2D eigenvalue weighted by molar-refractivity contribution is 5.66. The van der Waals surface area contributed by atoms with E-state index in [9.17, 15) is 4.79 Å². The molecular formula is C9H16O2. The normalized spacial score (nSPS) is 13.4. The summed E-state index contributed by atoms with van der Waals surface area (Å²) in [6, 6.07) is 0. The third-order valence-electron chi connectivity index (χ3n) is 1.21. The Morgan fingerprint density at radius 2 is 2.27 bits per heavy atom. The molecule has 0 aromatic heterocycles. The molecule has 0 aromatic rings. The van der Waals surface area contributed by atoms with Gasteiger partial charge in [0.2, 0.25) is 0 Å². The monoisotopic (exact) mass is 156 g/mol. The van der Waals surface area contributed by atoms with Gasteiger partial charge in [-0.2, -0.15) is 0 Å². The van der Waals surface area contributed by atoms with Crippen LogP contribution < -0.4 is 0 Å². The largest absolute Gasteiger partial charge is 0.459 e. The van der Waals surface area contributed by atoms with Crippen molar-refractivity contribution in [2.45, 2.75) is 39.7 Å². The molecular weight excluding hydrogens is 140 g/mol. The molecule has 2 heteroatoms. The van der Waals surface area contributed by atoms with Gasteiger partial charge in [0.15, 0.2) is 0 Å².